The molecule has 148 valence electrons. The van der Waals surface area contributed by atoms with E-state index in [0.717, 1.165) is 12.3 Å². The van der Waals surface area contributed by atoms with Crippen LogP contribution in [0.4, 0.5) is 5.69 Å². The van der Waals surface area contributed by atoms with E-state index in [-0.39, 0.29) is 16.8 Å². The molecule has 3 atom stereocenters. The van der Waals surface area contributed by atoms with Crippen molar-refractivity contribution >= 4 is 21.6 Å². The first-order valence-electron chi connectivity index (χ1n) is 9.52. The second-order valence-electron chi connectivity index (χ2n) is 7.61. The van der Waals surface area contributed by atoms with Crippen LogP contribution in [0.3, 0.4) is 0 Å². The van der Waals surface area contributed by atoms with Gasteiger partial charge in [-0.15, -0.1) is 0 Å². The molecule has 2 N–H and O–H groups in total. The summed E-state index contributed by atoms with van der Waals surface area (Å²) in [6, 6.07) is 12.9. The number of sulfonamides is 1. The van der Waals surface area contributed by atoms with Crippen molar-refractivity contribution in [3.05, 3.63) is 54.1 Å². The van der Waals surface area contributed by atoms with E-state index in [0.29, 0.717) is 22.9 Å². The molecule has 6 nitrogen and oxygen atoms in total. The Kier molecular flexibility index (Phi) is 5.02. The Bertz CT molecular complexity index is 955. The van der Waals surface area contributed by atoms with Gasteiger partial charge in [-0.1, -0.05) is 6.42 Å². The molecule has 2 aliphatic rings. The van der Waals surface area contributed by atoms with Gasteiger partial charge in [-0.3, -0.25) is 9.52 Å². The zero-order valence-corrected chi connectivity index (χ0v) is 16.5. The molecule has 0 aromatic heterocycles. The maximum absolute atomic E-state index is 12.5. The second kappa shape index (κ2) is 7.47. The van der Waals surface area contributed by atoms with Crippen molar-refractivity contribution in [2.24, 2.45) is 11.8 Å². The fraction of sp³-hybridized carbons (Fsp3) is 0.381. The number of hydrogen-bond acceptors (Lipinski definition) is 4. The number of ether oxygens (including phenoxy) is 1. The molecule has 2 saturated carbocycles. The van der Waals surface area contributed by atoms with Crippen LogP contribution >= 0.6 is 0 Å². The van der Waals surface area contributed by atoms with E-state index in [1.54, 1.807) is 36.4 Å². The van der Waals surface area contributed by atoms with Gasteiger partial charge in [0.05, 0.1) is 12.0 Å². The van der Waals surface area contributed by atoms with Crippen LogP contribution in [-0.2, 0) is 10.0 Å². The molecule has 7 heteroatoms. The van der Waals surface area contributed by atoms with Gasteiger partial charge in [0, 0.05) is 17.3 Å². The topological polar surface area (TPSA) is 84.5 Å². The summed E-state index contributed by atoms with van der Waals surface area (Å²) in [5, 5.41) is 3.14. The molecular weight excluding hydrogens is 376 g/mol. The first kappa shape index (κ1) is 18.8. The highest BCUT2D eigenvalue weighted by atomic mass is 32.2. The highest BCUT2D eigenvalue weighted by molar-refractivity contribution is 7.92. The number of rotatable bonds is 6. The number of hydrogen-bond donors (Lipinski definition) is 2. The van der Waals surface area contributed by atoms with Gasteiger partial charge < -0.3 is 10.1 Å². The molecule has 2 bridgehead atoms. The Balaban J connectivity index is 1.40. The first-order chi connectivity index (χ1) is 13.4. The van der Waals surface area contributed by atoms with Gasteiger partial charge >= 0.3 is 0 Å². The van der Waals surface area contributed by atoms with Crippen molar-refractivity contribution in [2.45, 2.75) is 36.6 Å². The number of carbonyl (C=O) groups excluding carboxylic acids is 1. The lowest BCUT2D eigenvalue weighted by Gasteiger charge is -2.22. The molecule has 0 heterocycles. The lowest BCUT2D eigenvalue weighted by atomic mass is 9.95. The molecule has 2 aromatic rings. The van der Waals surface area contributed by atoms with Gasteiger partial charge in [-0.05, 0) is 79.6 Å². The van der Waals surface area contributed by atoms with Crippen LogP contribution in [0.1, 0.15) is 36.0 Å². The highest BCUT2D eigenvalue weighted by Crippen LogP contribution is 2.44. The molecule has 2 aromatic carbocycles. The maximum atomic E-state index is 12.5. The number of anilines is 1. The van der Waals surface area contributed by atoms with Gasteiger partial charge in [-0.25, -0.2) is 8.42 Å². The van der Waals surface area contributed by atoms with Crippen LogP contribution in [0, 0.1) is 11.8 Å². The standard InChI is InChI=1S/C21H24N2O4S/c1-27-18-8-10-19(11-9-18)28(25,26)23-17-6-4-15(5-7-17)21(24)22-20-13-14-2-3-16(20)12-14/h4-11,14,16,20,23H,2-3,12-13H2,1H3,(H,22,24)/t14-,16-,20-/m1/s1. The van der Waals surface area contributed by atoms with Crippen LogP contribution in [0.15, 0.2) is 53.4 Å². The number of carbonyl (C=O) groups is 1. The summed E-state index contributed by atoms with van der Waals surface area (Å²) < 4.78 is 32.6. The third-order valence-corrected chi connectivity index (χ3v) is 7.22. The summed E-state index contributed by atoms with van der Waals surface area (Å²) in [7, 11) is -2.18. The van der Waals surface area contributed by atoms with Crippen LogP contribution in [0.5, 0.6) is 5.75 Å². The van der Waals surface area contributed by atoms with Gasteiger partial charge in [0.2, 0.25) is 0 Å². The maximum Gasteiger partial charge on any atom is 0.261 e. The Morgan fingerprint density at radius 3 is 2.29 bits per heavy atom. The Morgan fingerprint density at radius 1 is 1.00 bits per heavy atom. The number of nitrogens with one attached hydrogen (secondary N) is 2. The summed E-state index contributed by atoms with van der Waals surface area (Å²) in [4.78, 5) is 12.6. The van der Waals surface area contributed by atoms with Crippen molar-refractivity contribution in [3.63, 3.8) is 0 Å². The minimum atomic E-state index is -3.70. The van der Waals surface area contributed by atoms with Crippen molar-refractivity contribution < 1.29 is 17.9 Å². The summed E-state index contributed by atoms with van der Waals surface area (Å²) >= 11 is 0. The Labute approximate surface area is 165 Å². The van der Waals surface area contributed by atoms with Crippen molar-refractivity contribution in [3.8, 4) is 5.75 Å². The summed E-state index contributed by atoms with van der Waals surface area (Å²) in [6.45, 7) is 0. The smallest absolute Gasteiger partial charge is 0.261 e. The van der Waals surface area contributed by atoms with Gasteiger partial charge in [0.25, 0.3) is 15.9 Å². The molecule has 0 aliphatic heterocycles. The van der Waals surface area contributed by atoms with E-state index in [1.165, 1.54) is 38.5 Å². The van der Waals surface area contributed by atoms with Crippen LogP contribution in [0.2, 0.25) is 0 Å². The SMILES string of the molecule is COc1ccc(S(=O)(=O)Nc2ccc(C(=O)N[C@@H]3C[C@@H]4CC[C@@H]3C4)cc2)cc1. The monoisotopic (exact) mass is 400 g/mol. The van der Waals surface area contributed by atoms with Crippen molar-refractivity contribution in [2.75, 3.05) is 11.8 Å². The summed E-state index contributed by atoms with van der Waals surface area (Å²) in [5.41, 5.74) is 0.947. The van der Waals surface area contributed by atoms with Crippen molar-refractivity contribution in [1.82, 2.24) is 5.32 Å². The fourth-order valence-electron chi connectivity index (χ4n) is 4.33. The summed E-state index contributed by atoms with van der Waals surface area (Å²) in [6.07, 6.45) is 4.81. The minimum absolute atomic E-state index is 0.0953. The minimum Gasteiger partial charge on any atom is -0.497 e. The van der Waals surface area contributed by atoms with E-state index >= 15 is 0 Å². The predicted octanol–water partition coefficient (Wildman–Crippen LogP) is 3.41. The third kappa shape index (κ3) is 3.85. The fourth-order valence-corrected chi connectivity index (χ4v) is 5.39. The summed E-state index contributed by atoms with van der Waals surface area (Å²) in [5.74, 6) is 1.88. The van der Waals surface area contributed by atoms with Crippen molar-refractivity contribution in [1.29, 1.82) is 0 Å². The number of fused-ring (bicyclic) bond motifs is 2. The average molecular weight is 401 g/mol. The average Bonchev–Trinajstić information content (AvgIpc) is 3.31. The normalized spacial score (nSPS) is 23.4. The van der Waals surface area contributed by atoms with Gasteiger partial charge in [0.15, 0.2) is 0 Å². The van der Waals surface area contributed by atoms with Crippen LogP contribution in [-0.4, -0.2) is 27.5 Å². The first-order valence-corrected chi connectivity index (χ1v) is 11.0. The molecule has 0 radical (unpaired) electrons. The number of benzene rings is 2. The zero-order valence-electron chi connectivity index (χ0n) is 15.7. The van der Waals surface area contributed by atoms with Gasteiger partial charge in [-0.2, -0.15) is 0 Å². The van der Waals surface area contributed by atoms with E-state index in [2.05, 4.69) is 10.0 Å². The number of amides is 1. The molecule has 2 fully saturated rings. The molecular formula is C21H24N2O4S. The molecule has 28 heavy (non-hydrogen) atoms. The van der Waals surface area contributed by atoms with Gasteiger partial charge in [0.1, 0.15) is 5.75 Å². The Hall–Kier alpha value is -2.54. The molecule has 4 rings (SSSR count). The molecule has 0 spiro atoms. The zero-order chi connectivity index (χ0) is 19.7. The lowest BCUT2D eigenvalue weighted by Crippen LogP contribution is -2.38. The molecule has 1 amide bonds. The van der Waals surface area contributed by atoms with E-state index in [1.807, 2.05) is 0 Å². The quantitative estimate of drug-likeness (QED) is 0.778. The highest BCUT2D eigenvalue weighted by Gasteiger charge is 2.40. The van der Waals surface area contributed by atoms with E-state index < -0.39 is 10.0 Å². The van der Waals surface area contributed by atoms with E-state index in [4.69, 9.17) is 4.74 Å². The second-order valence-corrected chi connectivity index (χ2v) is 9.30. The molecule has 2 aliphatic carbocycles. The molecule has 0 saturated heterocycles. The largest absolute Gasteiger partial charge is 0.497 e. The van der Waals surface area contributed by atoms with Crippen LogP contribution < -0.4 is 14.8 Å². The van der Waals surface area contributed by atoms with E-state index in [9.17, 15) is 13.2 Å². The predicted molar refractivity (Wildman–Crippen MR) is 107 cm³/mol. The number of methoxy groups -OCH3 is 1. The molecule has 0 unspecified atom stereocenters. The third-order valence-electron chi connectivity index (χ3n) is 5.82. The Morgan fingerprint density at radius 2 is 1.71 bits per heavy atom. The lowest BCUT2D eigenvalue weighted by molar-refractivity contribution is 0.0923. The van der Waals surface area contributed by atoms with Crippen LogP contribution in [0.25, 0.3) is 0 Å².